The summed E-state index contributed by atoms with van der Waals surface area (Å²) in [6.07, 6.45) is 0. The standard InChI is InChI=1S/C10H14Cl2Si/c1-9(2)13(11,12)8-10-6-4-3-5-7-10/h3-7,9H,8H2,1-2H3. The monoisotopic (exact) mass is 232 g/mol. The SMILES string of the molecule is CC(C)[Si](Cl)(Cl)Cc1ccccc1. The predicted octanol–water partition coefficient (Wildman–Crippen LogP) is 4.10. The van der Waals surface area contributed by atoms with Crippen LogP contribution < -0.4 is 0 Å². The fraction of sp³-hybridized carbons (Fsp3) is 0.400. The highest BCUT2D eigenvalue weighted by Crippen LogP contribution is 2.32. The average Bonchev–Trinajstić information content (AvgIpc) is 2.05. The van der Waals surface area contributed by atoms with Crippen LogP contribution in [0.5, 0.6) is 0 Å². The molecule has 0 aromatic heterocycles. The van der Waals surface area contributed by atoms with Crippen LogP contribution in [0.3, 0.4) is 0 Å². The van der Waals surface area contributed by atoms with Gasteiger partial charge in [-0.15, -0.1) is 22.2 Å². The molecule has 1 aromatic rings. The summed E-state index contributed by atoms with van der Waals surface area (Å²) in [5.41, 5.74) is 1.64. The summed E-state index contributed by atoms with van der Waals surface area (Å²) in [7, 11) is 0. The first-order valence-corrected chi connectivity index (χ1v) is 8.75. The van der Waals surface area contributed by atoms with Gasteiger partial charge in [-0.3, -0.25) is 0 Å². The first kappa shape index (κ1) is 11.1. The molecule has 72 valence electrons. The van der Waals surface area contributed by atoms with Crippen LogP contribution in [0.15, 0.2) is 30.3 Å². The zero-order valence-corrected chi connectivity index (χ0v) is 10.4. The van der Waals surface area contributed by atoms with E-state index in [1.165, 1.54) is 5.56 Å². The summed E-state index contributed by atoms with van der Waals surface area (Å²) in [4.78, 5) is 0. The minimum absolute atomic E-state index is 0.399. The predicted molar refractivity (Wildman–Crippen MR) is 62.7 cm³/mol. The quantitative estimate of drug-likeness (QED) is 0.544. The summed E-state index contributed by atoms with van der Waals surface area (Å²) >= 11 is 12.6. The Labute approximate surface area is 90.3 Å². The molecule has 0 aliphatic rings. The lowest BCUT2D eigenvalue weighted by Crippen LogP contribution is -2.27. The van der Waals surface area contributed by atoms with Crippen LogP contribution >= 0.6 is 22.2 Å². The van der Waals surface area contributed by atoms with Crippen LogP contribution in [0.2, 0.25) is 5.54 Å². The maximum absolute atomic E-state index is 6.31. The van der Waals surface area contributed by atoms with Crippen LogP contribution in [0.1, 0.15) is 19.4 Å². The topological polar surface area (TPSA) is 0 Å². The molecule has 0 bridgehead atoms. The average molecular weight is 233 g/mol. The third kappa shape index (κ3) is 3.33. The molecule has 1 aromatic carbocycles. The van der Waals surface area contributed by atoms with E-state index in [4.69, 9.17) is 22.2 Å². The molecule has 0 nitrogen and oxygen atoms in total. The third-order valence-corrected chi connectivity index (χ3v) is 8.12. The first-order valence-electron chi connectivity index (χ1n) is 4.44. The Kier molecular flexibility index (Phi) is 3.83. The maximum Gasteiger partial charge on any atom is 0.258 e. The summed E-state index contributed by atoms with van der Waals surface area (Å²) in [6.45, 7) is 2.11. The Morgan fingerprint density at radius 3 is 2.15 bits per heavy atom. The van der Waals surface area contributed by atoms with Crippen molar-refractivity contribution in [3.05, 3.63) is 35.9 Å². The smallest absolute Gasteiger partial charge is 0.145 e. The van der Waals surface area contributed by atoms with Gasteiger partial charge in [0.15, 0.2) is 0 Å². The normalized spacial score (nSPS) is 12.1. The molecule has 0 heterocycles. The molecule has 0 spiro atoms. The Bertz CT molecular complexity index is 257. The molecule has 0 aliphatic carbocycles. The van der Waals surface area contributed by atoms with Gasteiger partial charge in [0.25, 0.3) is 6.69 Å². The Morgan fingerprint density at radius 2 is 1.69 bits per heavy atom. The highest BCUT2D eigenvalue weighted by molar-refractivity contribution is 7.45. The number of halogens is 2. The number of hydrogen-bond acceptors (Lipinski definition) is 0. The maximum atomic E-state index is 6.31. The second-order valence-corrected chi connectivity index (χ2v) is 11.2. The van der Waals surface area contributed by atoms with Crippen molar-refractivity contribution in [2.24, 2.45) is 0 Å². The molecule has 0 unspecified atom stereocenters. The zero-order valence-electron chi connectivity index (χ0n) is 7.93. The largest absolute Gasteiger partial charge is 0.258 e. The fourth-order valence-electron chi connectivity index (χ4n) is 1.07. The molecule has 0 atom stereocenters. The van der Waals surface area contributed by atoms with Crippen molar-refractivity contribution in [3.8, 4) is 0 Å². The summed E-state index contributed by atoms with van der Waals surface area (Å²) in [5.74, 6) is 0. The molecule has 13 heavy (non-hydrogen) atoms. The van der Waals surface area contributed by atoms with Gasteiger partial charge >= 0.3 is 0 Å². The lowest BCUT2D eigenvalue weighted by Gasteiger charge is -2.20. The second kappa shape index (κ2) is 4.49. The summed E-state index contributed by atoms with van der Waals surface area (Å²) in [6, 6.07) is 11.0. The molecule has 0 radical (unpaired) electrons. The van der Waals surface area contributed by atoms with E-state index in [1.807, 2.05) is 18.2 Å². The van der Waals surface area contributed by atoms with Crippen molar-refractivity contribution in [1.82, 2.24) is 0 Å². The van der Waals surface area contributed by atoms with E-state index in [9.17, 15) is 0 Å². The molecule has 0 saturated heterocycles. The molecule has 0 saturated carbocycles. The van der Waals surface area contributed by atoms with Gasteiger partial charge in [0.2, 0.25) is 0 Å². The van der Waals surface area contributed by atoms with Crippen molar-refractivity contribution in [1.29, 1.82) is 0 Å². The second-order valence-electron chi connectivity index (χ2n) is 3.58. The highest BCUT2D eigenvalue weighted by Gasteiger charge is 2.32. The molecule has 0 fully saturated rings. The van der Waals surface area contributed by atoms with E-state index in [-0.39, 0.29) is 0 Å². The van der Waals surface area contributed by atoms with E-state index in [1.54, 1.807) is 0 Å². The van der Waals surface area contributed by atoms with E-state index in [0.29, 0.717) is 5.54 Å². The number of benzene rings is 1. The van der Waals surface area contributed by atoms with Gasteiger partial charge in [-0.25, -0.2) is 0 Å². The number of rotatable bonds is 3. The van der Waals surface area contributed by atoms with Crippen molar-refractivity contribution in [2.45, 2.75) is 25.4 Å². The van der Waals surface area contributed by atoms with Crippen molar-refractivity contribution in [3.63, 3.8) is 0 Å². The summed E-state index contributed by atoms with van der Waals surface area (Å²) in [5, 5.41) is 0. The minimum atomic E-state index is -2.08. The Hall–Kier alpha value is 0.0169. The molecule has 1 rings (SSSR count). The summed E-state index contributed by atoms with van der Waals surface area (Å²) < 4.78 is 0. The van der Waals surface area contributed by atoms with Gasteiger partial charge in [-0.1, -0.05) is 44.2 Å². The Balaban J connectivity index is 2.69. The van der Waals surface area contributed by atoms with E-state index in [0.717, 1.165) is 6.04 Å². The Morgan fingerprint density at radius 1 is 1.15 bits per heavy atom. The van der Waals surface area contributed by atoms with Crippen LogP contribution in [0.25, 0.3) is 0 Å². The lowest BCUT2D eigenvalue weighted by molar-refractivity contribution is 1.03. The molecule has 3 heteroatoms. The zero-order chi connectivity index (χ0) is 9.90. The van der Waals surface area contributed by atoms with Gasteiger partial charge in [0.1, 0.15) is 0 Å². The molecular weight excluding hydrogens is 219 g/mol. The van der Waals surface area contributed by atoms with Gasteiger partial charge in [-0.05, 0) is 17.1 Å². The van der Waals surface area contributed by atoms with E-state index >= 15 is 0 Å². The molecule has 0 amide bonds. The van der Waals surface area contributed by atoms with Gasteiger partial charge in [0, 0.05) is 0 Å². The van der Waals surface area contributed by atoms with Crippen LogP contribution in [-0.4, -0.2) is 6.69 Å². The van der Waals surface area contributed by atoms with Crippen LogP contribution in [0.4, 0.5) is 0 Å². The minimum Gasteiger partial charge on any atom is -0.145 e. The van der Waals surface area contributed by atoms with Crippen LogP contribution in [-0.2, 0) is 6.04 Å². The van der Waals surface area contributed by atoms with Gasteiger partial charge in [0.05, 0.1) is 0 Å². The molecular formula is C10H14Cl2Si. The first-order chi connectivity index (χ1) is 6.02. The molecule has 0 N–H and O–H groups in total. The van der Waals surface area contributed by atoms with Crippen molar-refractivity contribution >= 4 is 28.9 Å². The van der Waals surface area contributed by atoms with Crippen molar-refractivity contribution < 1.29 is 0 Å². The van der Waals surface area contributed by atoms with Crippen molar-refractivity contribution in [2.75, 3.05) is 0 Å². The van der Waals surface area contributed by atoms with E-state index in [2.05, 4.69) is 26.0 Å². The van der Waals surface area contributed by atoms with Gasteiger partial charge < -0.3 is 0 Å². The molecule has 0 aliphatic heterocycles. The number of hydrogen-bond donors (Lipinski definition) is 0. The van der Waals surface area contributed by atoms with Crippen LogP contribution in [0, 0.1) is 0 Å². The fourth-order valence-corrected chi connectivity index (χ4v) is 3.19. The highest BCUT2D eigenvalue weighted by atomic mass is 35.7. The van der Waals surface area contributed by atoms with Gasteiger partial charge in [-0.2, -0.15) is 0 Å². The lowest BCUT2D eigenvalue weighted by atomic mass is 10.2. The van der Waals surface area contributed by atoms with E-state index < -0.39 is 6.69 Å². The third-order valence-electron chi connectivity index (χ3n) is 2.13.